The van der Waals surface area contributed by atoms with Crippen LogP contribution in [0.5, 0.6) is 0 Å². The van der Waals surface area contributed by atoms with Gasteiger partial charge in [-0.1, -0.05) is 40.9 Å². The van der Waals surface area contributed by atoms with Gasteiger partial charge < -0.3 is 10.8 Å². The minimum atomic E-state index is -0.684. The third kappa shape index (κ3) is 4.56. The Labute approximate surface area is 158 Å². The summed E-state index contributed by atoms with van der Waals surface area (Å²) in [4.78, 5) is 13.5. The first-order valence-electron chi connectivity index (χ1n) is 8.77. The van der Waals surface area contributed by atoms with Crippen LogP contribution in [0.1, 0.15) is 37.2 Å². The van der Waals surface area contributed by atoms with Gasteiger partial charge in [0.2, 0.25) is 0 Å². The molecule has 1 aromatic rings. The van der Waals surface area contributed by atoms with Crippen LogP contribution >= 0.6 is 23.2 Å². The Hall–Kier alpha value is -1.07. The summed E-state index contributed by atoms with van der Waals surface area (Å²) in [5.41, 5.74) is 8.80. The summed E-state index contributed by atoms with van der Waals surface area (Å²) in [7, 11) is 0. The molecule has 0 radical (unpaired) electrons. The van der Waals surface area contributed by atoms with E-state index in [9.17, 15) is 9.90 Å². The van der Waals surface area contributed by atoms with Crippen LogP contribution in [0.15, 0.2) is 29.8 Å². The van der Waals surface area contributed by atoms with Gasteiger partial charge in [-0.25, -0.2) is 0 Å². The highest BCUT2D eigenvalue weighted by Crippen LogP contribution is 2.36. The molecule has 3 atom stereocenters. The Morgan fingerprint density at radius 2 is 2.16 bits per heavy atom. The number of carboxylic acid groups (broad SMARTS) is 1. The first-order chi connectivity index (χ1) is 11.9. The molecule has 0 bridgehead atoms. The lowest BCUT2D eigenvalue weighted by atomic mass is 9.80. The summed E-state index contributed by atoms with van der Waals surface area (Å²) in [6.45, 7) is 2.41. The van der Waals surface area contributed by atoms with Crippen molar-refractivity contribution in [1.29, 1.82) is 0 Å². The van der Waals surface area contributed by atoms with E-state index in [1.54, 1.807) is 6.07 Å². The van der Waals surface area contributed by atoms with Crippen LogP contribution in [-0.2, 0) is 4.79 Å². The second-order valence-corrected chi connectivity index (χ2v) is 7.99. The van der Waals surface area contributed by atoms with Crippen LogP contribution in [0.4, 0.5) is 0 Å². The van der Waals surface area contributed by atoms with E-state index >= 15 is 0 Å². The van der Waals surface area contributed by atoms with Crippen molar-refractivity contribution in [3.63, 3.8) is 0 Å². The quantitative estimate of drug-likeness (QED) is 0.774. The molecule has 1 heterocycles. The van der Waals surface area contributed by atoms with Gasteiger partial charge in [0.25, 0.3) is 0 Å². The fourth-order valence-electron chi connectivity index (χ4n) is 3.97. The number of nitrogens with two attached hydrogens (primary N) is 1. The fraction of sp³-hybridized carbons (Fsp3) is 0.526. The van der Waals surface area contributed by atoms with E-state index in [-0.39, 0.29) is 17.9 Å². The SMILES string of the molecule is N[C@@H]1CC(CN2CCCC(C(=O)O)C2)=CC[C@H]1c1ccc(Cl)cc1Cl. The van der Waals surface area contributed by atoms with Gasteiger partial charge in [0.1, 0.15) is 0 Å². The molecular formula is C19H24Cl2N2O2. The summed E-state index contributed by atoms with van der Waals surface area (Å²) in [6.07, 6.45) is 5.65. The van der Waals surface area contributed by atoms with Crippen LogP contribution in [0.25, 0.3) is 0 Å². The molecule has 25 heavy (non-hydrogen) atoms. The molecule has 1 unspecified atom stereocenters. The number of benzene rings is 1. The molecule has 1 aromatic carbocycles. The number of piperidine rings is 1. The molecular weight excluding hydrogens is 359 g/mol. The molecule has 2 aliphatic rings. The van der Waals surface area contributed by atoms with Gasteiger partial charge in [0, 0.05) is 35.1 Å². The molecule has 1 aliphatic heterocycles. The molecule has 0 aromatic heterocycles. The second-order valence-electron chi connectivity index (χ2n) is 7.15. The number of carbonyl (C=O) groups is 1. The van der Waals surface area contributed by atoms with Gasteiger partial charge in [-0.05, 0) is 49.9 Å². The summed E-state index contributed by atoms with van der Waals surface area (Å²) in [5.74, 6) is -0.731. The van der Waals surface area contributed by atoms with Gasteiger partial charge in [-0.15, -0.1) is 0 Å². The number of rotatable bonds is 4. The number of hydrogen-bond donors (Lipinski definition) is 2. The number of allylic oxidation sites excluding steroid dienone is 1. The predicted molar refractivity (Wildman–Crippen MR) is 101 cm³/mol. The number of nitrogens with zero attached hydrogens (tertiary/aromatic N) is 1. The van der Waals surface area contributed by atoms with E-state index in [0.717, 1.165) is 44.3 Å². The maximum Gasteiger partial charge on any atom is 0.307 e. The average molecular weight is 383 g/mol. The molecule has 0 spiro atoms. The predicted octanol–water partition coefficient (Wildman–Crippen LogP) is 3.92. The number of aliphatic carboxylic acids is 1. The normalized spacial score (nSPS) is 27.8. The highest BCUT2D eigenvalue weighted by atomic mass is 35.5. The fourth-order valence-corrected chi connectivity index (χ4v) is 4.52. The zero-order valence-electron chi connectivity index (χ0n) is 14.1. The number of halogens is 2. The molecule has 4 nitrogen and oxygen atoms in total. The number of carboxylic acids is 1. The van der Waals surface area contributed by atoms with Crippen LogP contribution < -0.4 is 5.73 Å². The minimum absolute atomic E-state index is 0.0127. The minimum Gasteiger partial charge on any atom is -0.481 e. The van der Waals surface area contributed by atoms with E-state index in [1.165, 1.54) is 5.57 Å². The molecule has 3 rings (SSSR count). The van der Waals surface area contributed by atoms with Crippen LogP contribution in [0, 0.1) is 5.92 Å². The van der Waals surface area contributed by atoms with Gasteiger partial charge in [0.15, 0.2) is 0 Å². The van der Waals surface area contributed by atoms with Crippen LogP contribution in [0.2, 0.25) is 10.0 Å². The van der Waals surface area contributed by atoms with E-state index in [4.69, 9.17) is 28.9 Å². The summed E-state index contributed by atoms with van der Waals surface area (Å²) < 4.78 is 0. The van der Waals surface area contributed by atoms with Gasteiger partial charge in [-0.3, -0.25) is 9.69 Å². The third-order valence-electron chi connectivity index (χ3n) is 5.32. The largest absolute Gasteiger partial charge is 0.481 e. The lowest BCUT2D eigenvalue weighted by molar-refractivity contribution is -0.143. The Kier molecular flexibility index (Phi) is 6.05. The summed E-state index contributed by atoms with van der Waals surface area (Å²) in [6, 6.07) is 5.60. The second kappa shape index (κ2) is 8.09. The standard InChI is InChI=1S/C19H24Cl2N2O2/c20-14-4-6-15(17(21)9-14)16-5-3-12(8-18(16)22)10-23-7-1-2-13(11-23)19(24)25/h3-4,6,9,13,16,18H,1-2,5,7-8,10-11,22H2,(H,24,25)/t13?,16-,18+/m0/s1. The lowest BCUT2D eigenvalue weighted by Gasteiger charge is -2.35. The van der Waals surface area contributed by atoms with Crippen molar-refractivity contribution in [3.05, 3.63) is 45.5 Å². The molecule has 1 aliphatic carbocycles. The first-order valence-corrected chi connectivity index (χ1v) is 9.53. The Morgan fingerprint density at radius 3 is 2.84 bits per heavy atom. The topological polar surface area (TPSA) is 66.6 Å². The Bertz CT molecular complexity index is 677. The van der Waals surface area contributed by atoms with Crippen molar-refractivity contribution in [1.82, 2.24) is 4.90 Å². The number of likely N-dealkylation sites (tertiary alicyclic amines) is 1. The lowest BCUT2D eigenvalue weighted by Crippen LogP contribution is -2.41. The molecule has 136 valence electrons. The van der Waals surface area contributed by atoms with E-state index in [1.807, 2.05) is 12.1 Å². The zero-order valence-corrected chi connectivity index (χ0v) is 15.6. The first kappa shape index (κ1) is 18.7. The maximum atomic E-state index is 11.2. The molecule has 6 heteroatoms. The van der Waals surface area contributed by atoms with Crippen LogP contribution in [-0.4, -0.2) is 41.7 Å². The van der Waals surface area contributed by atoms with E-state index in [2.05, 4.69) is 11.0 Å². The molecule has 1 saturated heterocycles. The monoisotopic (exact) mass is 382 g/mol. The van der Waals surface area contributed by atoms with E-state index < -0.39 is 5.97 Å². The van der Waals surface area contributed by atoms with Crippen molar-refractivity contribution >= 4 is 29.2 Å². The molecule has 0 amide bonds. The van der Waals surface area contributed by atoms with Crippen LogP contribution in [0.3, 0.4) is 0 Å². The van der Waals surface area contributed by atoms with Gasteiger partial charge in [0.05, 0.1) is 5.92 Å². The third-order valence-corrected chi connectivity index (χ3v) is 5.88. The highest BCUT2D eigenvalue weighted by molar-refractivity contribution is 6.35. The Balaban J connectivity index is 1.64. The molecule has 0 saturated carbocycles. The van der Waals surface area contributed by atoms with Crippen molar-refractivity contribution in [2.45, 2.75) is 37.6 Å². The summed E-state index contributed by atoms with van der Waals surface area (Å²) >= 11 is 12.3. The van der Waals surface area contributed by atoms with Gasteiger partial charge in [-0.2, -0.15) is 0 Å². The van der Waals surface area contributed by atoms with Crippen molar-refractivity contribution in [2.75, 3.05) is 19.6 Å². The van der Waals surface area contributed by atoms with E-state index in [0.29, 0.717) is 16.6 Å². The van der Waals surface area contributed by atoms with Crippen molar-refractivity contribution in [3.8, 4) is 0 Å². The molecule has 1 fully saturated rings. The van der Waals surface area contributed by atoms with Crippen molar-refractivity contribution in [2.24, 2.45) is 11.7 Å². The smallest absolute Gasteiger partial charge is 0.307 e. The van der Waals surface area contributed by atoms with Gasteiger partial charge >= 0.3 is 5.97 Å². The highest BCUT2D eigenvalue weighted by Gasteiger charge is 2.29. The Morgan fingerprint density at radius 1 is 1.36 bits per heavy atom. The summed E-state index contributed by atoms with van der Waals surface area (Å²) in [5, 5.41) is 10.5. The molecule has 3 N–H and O–H groups in total. The zero-order chi connectivity index (χ0) is 18.0. The maximum absolute atomic E-state index is 11.2. The number of hydrogen-bond acceptors (Lipinski definition) is 3. The van der Waals surface area contributed by atoms with Crippen molar-refractivity contribution < 1.29 is 9.90 Å². The average Bonchev–Trinajstić information content (AvgIpc) is 2.56.